The third kappa shape index (κ3) is 5.07. The Morgan fingerprint density at radius 3 is 2.53 bits per heavy atom. The number of nitro benzene ring substituents is 1. The molecule has 0 radical (unpaired) electrons. The van der Waals surface area contributed by atoms with Gasteiger partial charge in [-0.15, -0.1) is 12.4 Å². The number of fused-ring (bicyclic) bond motifs is 1. The molecule has 0 aliphatic heterocycles. The van der Waals surface area contributed by atoms with Gasteiger partial charge in [0.25, 0.3) is 11.6 Å². The smallest absolute Gasteiger partial charge is 0.282 e. The first kappa shape index (κ1) is 24.0. The van der Waals surface area contributed by atoms with Gasteiger partial charge in [0.15, 0.2) is 5.13 Å². The lowest BCUT2D eigenvalue weighted by atomic mass is 10.1. The van der Waals surface area contributed by atoms with E-state index in [2.05, 4.69) is 4.98 Å². The molecular weight excluding hydrogens is 447 g/mol. The van der Waals surface area contributed by atoms with Crippen LogP contribution in [0.25, 0.3) is 10.2 Å². The normalized spacial score (nSPS) is 10.9. The summed E-state index contributed by atoms with van der Waals surface area (Å²) in [6.45, 7) is 4.91. The fourth-order valence-electron chi connectivity index (χ4n) is 3.04. The number of rotatable bonds is 6. The highest BCUT2D eigenvalue weighted by atomic mass is 35.5. The van der Waals surface area contributed by atoms with Crippen LogP contribution in [0.1, 0.15) is 21.5 Å². The van der Waals surface area contributed by atoms with Crippen LogP contribution in [0.3, 0.4) is 0 Å². The van der Waals surface area contributed by atoms with Crippen molar-refractivity contribution in [3.63, 3.8) is 0 Å². The van der Waals surface area contributed by atoms with Crippen LogP contribution in [0.5, 0.6) is 0 Å². The molecule has 7 nitrogen and oxygen atoms in total. The van der Waals surface area contributed by atoms with Gasteiger partial charge in [-0.2, -0.15) is 0 Å². The first-order chi connectivity index (χ1) is 13.7. The molecule has 0 bridgehead atoms. The van der Waals surface area contributed by atoms with Gasteiger partial charge in [-0.25, -0.2) is 4.98 Å². The molecule has 2 aromatic carbocycles. The zero-order chi connectivity index (χ0) is 21.3. The summed E-state index contributed by atoms with van der Waals surface area (Å²) < 4.78 is 0.973. The molecule has 0 unspecified atom stereocenters. The van der Waals surface area contributed by atoms with Crippen LogP contribution in [0.2, 0.25) is 5.02 Å². The maximum atomic E-state index is 13.4. The van der Waals surface area contributed by atoms with Crippen molar-refractivity contribution in [2.45, 2.75) is 13.8 Å². The summed E-state index contributed by atoms with van der Waals surface area (Å²) in [5, 5.41) is 12.2. The highest BCUT2D eigenvalue weighted by Gasteiger charge is 2.28. The summed E-state index contributed by atoms with van der Waals surface area (Å²) in [6.07, 6.45) is 0. The Kier molecular flexibility index (Phi) is 7.76. The number of anilines is 1. The average molecular weight is 469 g/mol. The minimum atomic E-state index is -0.570. The van der Waals surface area contributed by atoms with Crippen molar-refractivity contribution in [3.8, 4) is 0 Å². The van der Waals surface area contributed by atoms with Gasteiger partial charge < -0.3 is 4.90 Å². The number of aromatic nitrogens is 1. The standard InChI is InChI=1S/C20H21ClN4O3S.ClH/c1-12-9-13(2)18-17(10-12)29-20(22-18)24(8-7-23(3)4)19(26)15-11-14(21)5-6-16(15)25(27)28;/h5-6,9-11H,7-8H2,1-4H3;1H. The van der Waals surface area contributed by atoms with E-state index in [0.717, 1.165) is 21.3 Å². The molecule has 0 spiro atoms. The Bertz CT molecular complexity index is 1100. The predicted octanol–water partition coefficient (Wildman–Crippen LogP) is 5.10. The van der Waals surface area contributed by atoms with E-state index in [0.29, 0.717) is 18.2 Å². The van der Waals surface area contributed by atoms with Gasteiger partial charge in [0.2, 0.25) is 0 Å². The molecule has 160 valence electrons. The minimum Gasteiger partial charge on any atom is -0.308 e. The van der Waals surface area contributed by atoms with Crippen molar-refractivity contribution < 1.29 is 9.72 Å². The zero-order valence-electron chi connectivity index (χ0n) is 17.0. The molecule has 0 saturated carbocycles. The van der Waals surface area contributed by atoms with Crippen LogP contribution in [0.15, 0.2) is 30.3 Å². The molecular formula is C20H22Cl2N4O3S. The van der Waals surface area contributed by atoms with Crippen molar-refractivity contribution in [2.75, 3.05) is 32.1 Å². The van der Waals surface area contributed by atoms with Gasteiger partial charge in [0.05, 0.1) is 15.1 Å². The Balaban J connectivity index is 0.00000320. The minimum absolute atomic E-state index is 0. The van der Waals surface area contributed by atoms with E-state index in [9.17, 15) is 14.9 Å². The molecule has 0 atom stereocenters. The molecule has 30 heavy (non-hydrogen) atoms. The molecule has 3 aromatic rings. The number of nitrogens with zero attached hydrogens (tertiary/aromatic N) is 4. The number of likely N-dealkylation sites (N-methyl/N-ethyl adjacent to an activating group) is 1. The molecule has 1 heterocycles. The molecule has 0 saturated heterocycles. The summed E-state index contributed by atoms with van der Waals surface area (Å²) in [6, 6.07) is 8.07. The first-order valence-corrected chi connectivity index (χ1v) is 10.1. The number of benzene rings is 2. The lowest BCUT2D eigenvalue weighted by Crippen LogP contribution is -2.37. The number of aryl methyl sites for hydroxylation is 2. The third-order valence-electron chi connectivity index (χ3n) is 4.45. The summed E-state index contributed by atoms with van der Waals surface area (Å²) in [5.74, 6) is -0.491. The van der Waals surface area contributed by atoms with Crippen molar-refractivity contribution >= 4 is 62.3 Å². The summed E-state index contributed by atoms with van der Waals surface area (Å²) >= 11 is 7.43. The van der Waals surface area contributed by atoms with Crippen LogP contribution in [0, 0.1) is 24.0 Å². The fourth-order valence-corrected chi connectivity index (χ4v) is 4.38. The number of halogens is 2. The van der Waals surface area contributed by atoms with Crippen LogP contribution >= 0.6 is 35.3 Å². The van der Waals surface area contributed by atoms with E-state index in [-0.39, 0.29) is 28.7 Å². The number of thiazole rings is 1. The van der Waals surface area contributed by atoms with Crippen molar-refractivity contribution in [3.05, 3.63) is 62.2 Å². The van der Waals surface area contributed by atoms with Crippen LogP contribution in [-0.2, 0) is 0 Å². The van der Waals surface area contributed by atoms with E-state index in [1.54, 1.807) is 0 Å². The van der Waals surface area contributed by atoms with E-state index in [1.165, 1.54) is 34.4 Å². The fraction of sp³-hybridized carbons (Fsp3) is 0.300. The van der Waals surface area contributed by atoms with Crippen molar-refractivity contribution in [1.82, 2.24) is 9.88 Å². The second-order valence-electron chi connectivity index (χ2n) is 7.10. The quantitative estimate of drug-likeness (QED) is 0.371. The maximum absolute atomic E-state index is 13.4. The van der Waals surface area contributed by atoms with Gasteiger partial charge in [0.1, 0.15) is 5.56 Å². The summed E-state index contributed by atoms with van der Waals surface area (Å²) in [5.41, 5.74) is 2.65. The molecule has 0 N–H and O–H groups in total. The van der Waals surface area contributed by atoms with Crippen LogP contribution in [-0.4, -0.2) is 47.9 Å². The lowest BCUT2D eigenvalue weighted by Gasteiger charge is -2.22. The monoisotopic (exact) mass is 468 g/mol. The molecule has 0 fully saturated rings. The van der Waals surface area contributed by atoms with E-state index in [1.807, 2.05) is 45.0 Å². The highest BCUT2D eigenvalue weighted by molar-refractivity contribution is 7.22. The Morgan fingerprint density at radius 2 is 1.90 bits per heavy atom. The molecule has 0 aliphatic carbocycles. The van der Waals surface area contributed by atoms with E-state index in [4.69, 9.17) is 11.6 Å². The molecule has 10 heteroatoms. The Morgan fingerprint density at radius 1 is 1.20 bits per heavy atom. The van der Waals surface area contributed by atoms with Gasteiger partial charge >= 0.3 is 0 Å². The van der Waals surface area contributed by atoms with Gasteiger partial charge in [0, 0.05) is 24.2 Å². The second-order valence-corrected chi connectivity index (χ2v) is 8.55. The Hall–Kier alpha value is -2.26. The van der Waals surface area contributed by atoms with E-state index >= 15 is 0 Å². The Labute approximate surface area is 189 Å². The number of hydrogen-bond donors (Lipinski definition) is 0. The number of nitro groups is 1. The second kappa shape index (κ2) is 9.70. The molecule has 1 aromatic heterocycles. The predicted molar refractivity (Wildman–Crippen MR) is 125 cm³/mol. The number of carbonyl (C=O) groups is 1. The average Bonchev–Trinajstić information content (AvgIpc) is 3.05. The van der Waals surface area contributed by atoms with Crippen LogP contribution in [0.4, 0.5) is 10.8 Å². The van der Waals surface area contributed by atoms with Crippen molar-refractivity contribution in [2.24, 2.45) is 0 Å². The first-order valence-electron chi connectivity index (χ1n) is 8.95. The number of carbonyl (C=O) groups excluding carboxylic acids is 1. The topological polar surface area (TPSA) is 79.6 Å². The zero-order valence-corrected chi connectivity index (χ0v) is 19.4. The number of amides is 1. The summed E-state index contributed by atoms with van der Waals surface area (Å²) in [4.78, 5) is 32.4. The molecule has 3 rings (SSSR count). The maximum Gasteiger partial charge on any atom is 0.282 e. The molecule has 1 amide bonds. The lowest BCUT2D eigenvalue weighted by molar-refractivity contribution is -0.385. The SMILES string of the molecule is Cc1cc(C)c2nc(N(CCN(C)C)C(=O)c3cc(Cl)ccc3[N+](=O)[O-])sc2c1.Cl. The van der Waals surface area contributed by atoms with Crippen molar-refractivity contribution in [1.29, 1.82) is 0 Å². The third-order valence-corrected chi connectivity index (χ3v) is 5.71. The van der Waals surface area contributed by atoms with Gasteiger partial charge in [-0.3, -0.25) is 19.8 Å². The highest BCUT2D eigenvalue weighted by Crippen LogP contribution is 2.33. The van der Waals surface area contributed by atoms with Gasteiger partial charge in [-0.1, -0.05) is 29.0 Å². The summed E-state index contributed by atoms with van der Waals surface area (Å²) in [7, 11) is 3.80. The largest absolute Gasteiger partial charge is 0.308 e. The number of hydrogen-bond acceptors (Lipinski definition) is 6. The van der Waals surface area contributed by atoms with Gasteiger partial charge in [-0.05, 0) is 57.3 Å². The molecule has 0 aliphatic rings. The van der Waals surface area contributed by atoms with Crippen LogP contribution < -0.4 is 4.90 Å². The van der Waals surface area contributed by atoms with E-state index < -0.39 is 10.8 Å².